The normalized spacial score (nSPS) is 30.1. The van der Waals surface area contributed by atoms with Crippen LogP contribution in [0.5, 0.6) is 0 Å². The van der Waals surface area contributed by atoms with E-state index in [-0.39, 0.29) is 23.8 Å². The molecule has 0 aromatic heterocycles. The molecule has 2 aliphatic heterocycles. The van der Waals surface area contributed by atoms with Gasteiger partial charge in [-0.15, -0.1) is 0 Å². The number of benzene rings is 1. The zero-order chi connectivity index (χ0) is 36.9. The van der Waals surface area contributed by atoms with Gasteiger partial charge in [-0.25, -0.2) is 19.2 Å². The highest BCUT2D eigenvalue weighted by molar-refractivity contribution is 5.98. The molecule has 0 amide bonds. The first-order chi connectivity index (χ1) is 22.9. The van der Waals surface area contributed by atoms with Crippen molar-refractivity contribution in [2.75, 3.05) is 0 Å². The second-order valence-corrected chi connectivity index (χ2v) is 13.1. The van der Waals surface area contributed by atoms with E-state index in [0.29, 0.717) is 18.8 Å². The first kappa shape index (κ1) is 39.3. The molecule has 2 saturated heterocycles. The van der Waals surface area contributed by atoms with Gasteiger partial charge < -0.3 is 44.5 Å². The smallest absolute Gasteiger partial charge is 0.344 e. The molecule has 0 unspecified atom stereocenters. The van der Waals surface area contributed by atoms with E-state index >= 15 is 0 Å². The van der Waals surface area contributed by atoms with Crippen molar-refractivity contribution < 1.29 is 68.5 Å². The summed E-state index contributed by atoms with van der Waals surface area (Å²) in [6, 6.07) is 9.29. The summed E-state index contributed by atoms with van der Waals surface area (Å²) in [5, 5.41) is 53.5. The Morgan fingerprint density at radius 3 is 2.20 bits per heavy atom. The van der Waals surface area contributed by atoms with Crippen LogP contribution in [-0.4, -0.2) is 96.8 Å². The SMILES string of the molecule is C=C(CC[C@@]12O[C@H](C(=O)O)[C@@](O)(C(=O)O)[C@@](C(=O)O)(O1)[C@H](OC(=O)/C=C/[C@@H](C)C[C@@H](C)CC)[C@H]2O)[C@@H](OC(C)=O)[C@H](C)Cc1ccccc1. The Morgan fingerprint density at radius 1 is 1.04 bits per heavy atom. The highest BCUT2D eigenvalue weighted by Crippen LogP contribution is 2.56. The third-order valence-corrected chi connectivity index (χ3v) is 9.29. The van der Waals surface area contributed by atoms with Crippen LogP contribution < -0.4 is 0 Å². The van der Waals surface area contributed by atoms with Crippen LogP contribution in [0.15, 0.2) is 54.6 Å². The van der Waals surface area contributed by atoms with E-state index in [1.807, 2.05) is 51.1 Å². The monoisotopic (exact) mass is 690 g/mol. The number of aliphatic hydroxyl groups excluding tert-OH is 1. The molecule has 10 atom stereocenters. The number of carboxylic acid groups (broad SMARTS) is 3. The zero-order valence-electron chi connectivity index (χ0n) is 28.2. The molecule has 0 aliphatic carbocycles. The standard InChI is InChI=1S/C35H46O14/c1-7-19(2)17-20(3)13-14-25(37)47-28-27(38)33(48-29(30(39)40)34(45,31(41)42)35(28,49-33)32(43)44)16-15-21(4)26(46-23(6)36)22(5)18-24-11-9-8-10-12-24/h8-14,19-20,22,26-29,38,45H,4,7,15-18H2,1-3,5-6H3,(H,39,40)(H,41,42)(H,43,44)/b14-13+/t19-,20+,22+,26+,27+,28+,29+,33+,34+,35+/m0/s1. The highest BCUT2D eigenvalue weighted by Gasteiger charge is 2.85. The molecule has 3 rings (SSSR count). The van der Waals surface area contributed by atoms with Crippen molar-refractivity contribution in [2.24, 2.45) is 17.8 Å². The fraction of sp³-hybridized carbons (Fsp3) is 0.571. The number of carbonyl (C=O) groups excluding carboxylic acids is 2. The van der Waals surface area contributed by atoms with E-state index in [1.54, 1.807) is 6.92 Å². The summed E-state index contributed by atoms with van der Waals surface area (Å²) in [4.78, 5) is 63.0. The number of aliphatic carboxylic acids is 3. The molecule has 5 N–H and O–H groups in total. The third kappa shape index (κ3) is 7.88. The Labute approximate surface area is 284 Å². The van der Waals surface area contributed by atoms with Crippen LogP contribution in [0.25, 0.3) is 0 Å². The summed E-state index contributed by atoms with van der Waals surface area (Å²) in [5.74, 6) is -11.3. The lowest BCUT2D eigenvalue weighted by Crippen LogP contribution is -2.78. The maximum Gasteiger partial charge on any atom is 0.344 e. The summed E-state index contributed by atoms with van der Waals surface area (Å²) in [5.41, 5.74) is -6.27. The van der Waals surface area contributed by atoms with Crippen LogP contribution in [0, 0.1) is 17.8 Å². The lowest BCUT2D eigenvalue weighted by Gasteiger charge is -2.48. The predicted molar refractivity (Wildman–Crippen MR) is 171 cm³/mol. The number of rotatable bonds is 17. The van der Waals surface area contributed by atoms with E-state index in [9.17, 15) is 49.5 Å². The molecule has 2 fully saturated rings. The minimum absolute atomic E-state index is 0.123. The molecular formula is C35H46O14. The zero-order valence-corrected chi connectivity index (χ0v) is 28.2. The van der Waals surface area contributed by atoms with E-state index < -0.39 is 77.7 Å². The van der Waals surface area contributed by atoms with Crippen molar-refractivity contribution in [1.82, 2.24) is 0 Å². The van der Waals surface area contributed by atoms with Gasteiger partial charge in [-0.1, -0.05) is 77.1 Å². The van der Waals surface area contributed by atoms with Crippen molar-refractivity contribution >= 4 is 29.8 Å². The van der Waals surface area contributed by atoms with E-state index in [1.165, 1.54) is 13.0 Å². The molecule has 14 nitrogen and oxygen atoms in total. The highest BCUT2D eigenvalue weighted by atomic mass is 16.8. The Balaban J connectivity index is 2.02. The molecule has 2 aliphatic rings. The Hall–Kier alpha value is -4.11. The van der Waals surface area contributed by atoms with E-state index in [4.69, 9.17) is 18.9 Å². The molecule has 0 radical (unpaired) electrons. The minimum Gasteiger partial charge on any atom is -0.479 e. The lowest BCUT2D eigenvalue weighted by molar-refractivity contribution is -0.374. The second kappa shape index (κ2) is 15.6. The first-order valence-corrected chi connectivity index (χ1v) is 16.1. The maximum atomic E-state index is 13.0. The van der Waals surface area contributed by atoms with Gasteiger partial charge in [-0.05, 0) is 42.2 Å². The fourth-order valence-corrected chi connectivity index (χ4v) is 6.58. The molecule has 2 bridgehead atoms. The number of ether oxygens (including phenoxy) is 4. The summed E-state index contributed by atoms with van der Waals surface area (Å²) in [6.45, 7) is 12.9. The summed E-state index contributed by atoms with van der Waals surface area (Å²) >= 11 is 0. The van der Waals surface area contributed by atoms with Crippen molar-refractivity contribution in [2.45, 2.75) is 108 Å². The molecule has 0 spiro atoms. The van der Waals surface area contributed by atoms with Gasteiger partial charge in [0.15, 0.2) is 6.10 Å². The number of carbonyl (C=O) groups is 5. The molecule has 14 heteroatoms. The van der Waals surface area contributed by atoms with Crippen LogP contribution in [0.4, 0.5) is 0 Å². The minimum atomic E-state index is -3.90. The summed E-state index contributed by atoms with van der Waals surface area (Å²) in [7, 11) is 0. The quantitative estimate of drug-likeness (QED) is 0.0901. The van der Waals surface area contributed by atoms with E-state index in [2.05, 4.69) is 6.58 Å². The first-order valence-electron chi connectivity index (χ1n) is 16.1. The van der Waals surface area contributed by atoms with Gasteiger partial charge in [0.1, 0.15) is 12.2 Å². The van der Waals surface area contributed by atoms with Gasteiger partial charge in [0.2, 0.25) is 23.1 Å². The fourth-order valence-electron chi connectivity index (χ4n) is 6.58. The van der Waals surface area contributed by atoms with Gasteiger partial charge in [0.05, 0.1) is 0 Å². The van der Waals surface area contributed by atoms with Crippen molar-refractivity contribution in [3.8, 4) is 0 Å². The topological polar surface area (TPSA) is 223 Å². The molecule has 1 aromatic carbocycles. The van der Waals surface area contributed by atoms with Crippen LogP contribution in [-0.2, 0) is 49.3 Å². The van der Waals surface area contributed by atoms with Crippen LogP contribution in [0.2, 0.25) is 0 Å². The Bertz CT molecular complexity index is 1440. The van der Waals surface area contributed by atoms with Crippen LogP contribution >= 0.6 is 0 Å². The third-order valence-electron chi connectivity index (χ3n) is 9.29. The van der Waals surface area contributed by atoms with Gasteiger partial charge in [-0.2, -0.15) is 0 Å². The number of carboxylic acids is 3. The molecule has 0 saturated carbocycles. The van der Waals surface area contributed by atoms with Crippen molar-refractivity contribution in [3.05, 3.63) is 60.2 Å². The van der Waals surface area contributed by atoms with Gasteiger partial charge >= 0.3 is 29.8 Å². The number of hydrogen-bond donors (Lipinski definition) is 5. The number of allylic oxidation sites excluding steroid dienone is 1. The van der Waals surface area contributed by atoms with Gasteiger partial charge in [0, 0.05) is 25.3 Å². The van der Waals surface area contributed by atoms with E-state index in [0.717, 1.165) is 18.1 Å². The van der Waals surface area contributed by atoms with Crippen LogP contribution in [0.3, 0.4) is 0 Å². The maximum absolute atomic E-state index is 13.0. The Morgan fingerprint density at radius 2 is 1.67 bits per heavy atom. The average molecular weight is 691 g/mol. The van der Waals surface area contributed by atoms with Gasteiger partial charge in [-0.3, -0.25) is 4.79 Å². The number of fused-ring (bicyclic) bond motifs is 2. The molecule has 270 valence electrons. The molecule has 49 heavy (non-hydrogen) atoms. The van der Waals surface area contributed by atoms with Gasteiger partial charge in [0.25, 0.3) is 0 Å². The summed E-state index contributed by atoms with van der Waals surface area (Å²) < 4.78 is 22.0. The lowest BCUT2D eigenvalue weighted by atomic mass is 9.74. The largest absolute Gasteiger partial charge is 0.479 e. The van der Waals surface area contributed by atoms with Crippen molar-refractivity contribution in [1.29, 1.82) is 0 Å². The van der Waals surface area contributed by atoms with Crippen molar-refractivity contribution in [3.63, 3.8) is 0 Å². The molecule has 2 heterocycles. The van der Waals surface area contributed by atoms with Crippen LogP contribution in [0.1, 0.15) is 65.9 Å². The molecule has 1 aromatic rings. The number of hydrogen-bond acceptors (Lipinski definition) is 11. The average Bonchev–Trinajstić information content (AvgIpc) is 3.25. The molecular weight excluding hydrogens is 644 g/mol. The number of aliphatic hydroxyl groups is 2. The summed E-state index contributed by atoms with van der Waals surface area (Å²) in [6.07, 6.45) is -4.83. The number of esters is 2. The second-order valence-electron chi connectivity index (χ2n) is 13.1. The Kier molecular flexibility index (Phi) is 12.5. The predicted octanol–water partition coefficient (Wildman–Crippen LogP) is 2.88.